The smallest absolute Gasteiger partial charge is 0.333 e. The minimum Gasteiger partial charge on any atom is -0.337 e. The van der Waals surface area contributed by atoms with Crippen LogP contribution in [0.3, 0.4) is 0 Å². The van der Waals surface area contributed by atoms with Gasteiger partial charge in [0.1, 0.15) is 0 Å². The summed E-state index contributed by atoms with van der Waals surface area (Å²) >= 11 is 1.69. The fraction of sp³-hybridized carbons (Fsp3) is 0.500. The average Bonchev–Trinajstić information content (AvgIpc) is 3.35. The van der Waals surface area contributed by atoms with Crippen molar-refractivity contribution >= 4 is 41.4 Å². The number of thiophene rings is 1. The standard InChI is InChI=1S/C18H23N6O3S/c1-20-16-15(17(26)21(2)18(20)27)24(12-19-16)10-14(25)23-6-4-22(5-7-23)9-13-3-8-28-11-13/h3,8,11-12,15H,4-7,9-10H2,1-2H3/q+1. The van der Waals surface area contributed by atoms with Crippen molar-refractivity contribution in [2.24, 2.45) is 4.99 Å². The van der Waals surface area contributed by atoms with Crippen LogP contribution >= 0.6 is 11.3 Å². The fourth-order valence-electron chi connectivity index (χ4n) is 3.73. The van der Waals surface area contributed by atoms with E-state index in [0.717, 1.165) is 24.5 Å². The van der Waals surface area contributed by atoms with Crippen molar-refractivity contribution in [1.29, 1.82) is 0 Å². The van der Waals surface area contributed by atoms with Gasteiger partial charge in [0, 0.05) is 46.8 Å². The van der Waals surface area contributed by atoms with E-state index in [9.17, 15) is 14.4 Å². The van der Waals surface area contributed by atoms with E-state index < -0.39 is 12.1 Å². The van der Waals surface area contributed by atoms with Gasteiger partial charge in [-0.3, -0.25) is 24.3 Å². The van der Waals surface area contributed by atoms with Gasteiger partial charge in [0.2, 0.25) is 0 Å². The lowest BCUT2D eigenvalue weighted by molar-refractivity contribution is -0.520. The van der Waals surface area contributed by atoms with Gasteiger partial charge in [0.15, 0.2) is 6.54 Å². The Bertz CT molecular complexity index is 857. The molecule has 1 aromatic rings. The highest BCUT2D eigenvalue weighted by Crippen LogP contribution is 2.17. The molecule has 2 saturated heterocycles. The molecule has 3 aliphatic heterocycles. The minimum atomic E-state index is -0.712. The van der Waals surface area contributed by atoms with E-state index in [4.69, 9.17) is 0 Å². The molecule has 1 aromatic heterocycles. The fourth-order valence-corrected chi connectivity index (χ4v) is 4.39. The predicted molar refractivity (Wildman–Crippen MR) is 105 cm³/mol. The third kappa shape index (κ3) is 3.33. The molecule has 4 heterocycles. The van der Waals surface area contributed by atoms with Crippen LogP contribution in [0, 0.1) is 0 Å². The zero-order valence-electron chi connectivity index (χ0n) is 15.9. The number of aliphatic imine (C=N–C) groups is 1. The molecule has 3 aliphatic rings. The lowest BCUT2D eigenvalue weighted by atomic mass is 10.1. The summed E-state index contributed by atoms with van der Waals surface area (Å²) in [4.78, 5) is 48.2. The van der Waals surface area contributed by atoms with Gasteiger partial charge in [-0.1, -0.05) is 0 Å². The van der Waals surface area contributed by atoms with Crippen LogP contribution < -0.4 is 0 Å². The van der Waals surface area contributed by atoms with E-state index >= 15 is 0 Å². The minimum absolute atomic E-state index is 0.0297. The zero-order chi connectivity index (χ0) is 19.8. The van der Waals surface area contributed by atoms with Gasteiger partial charge < -0.3 is 4.90 Å². The molecule has 4 amide bonds. The molecule has 9 nitrogen and oxygen atoms in total. The van der Waals surface area contributed by atoms with Crippen LogP contribution in [0.1, 0.15) is 5.56 Å². The number of nitrogens with zero attached hydrogens (tertiary/aromatic N) is 6. The highest BCUT2D eigenvalue weighted by Gasteiger charge is 2.51. The molecule has 0 aliphatic carbocycles. The van der Waals surface area contributed by atoms with E-state index in [0.29, 0.717) is 18.9 Å². The first-order chi connectivity index (χ1) is 13.5. The molecule has 4 rings (SSSR count). The number of imide groups is 1. The molecule has 28 heavy (non-hydrogen) atoms. The summed E-state index contributed by atoms with van der Waals surface area (Å²) < 4.78 is 1.62. The van der Waals surface area contributed by atoms with Crippen molar-refractivity contribution in [2.75, 3.05) is 46.8 Å². The predicted octanol–water partition coefficient (Wildman–Crippen LogP) is -0.262. The first-order valence-electron chi connectivity index (χ1n) is 9.19. The van der Waals surface area contributed by atoms with Crippen molar-refractivity contribution < 1.29 is 19.0 Å². The lowest BCUT2D eigenvalue weighted by Gasteiger charge is -2.35. The molecule has 0 radical (unpaired) electrons. The van der Waals surface area contributed by atoms with E-state index in [-0.39, 0.29) is 18.4 Å². The van der Waals surface area contributed by atoms with Crippen molar-refractivity contribution in [3.8, 4) is 0 Å². The molecule has 0 bridgehead atoms. The second-order valence-electron chi connectivity index (χ2n) is 7.21. The lowest BCUT2D eigenvalue weighted by Crippen LogP contribution is -2.62. The van der Waals surface area contributed by atoms with Gasteiger partial charge in [0.25, 0.3) is 30.0 Å². The van der Waals surface area contributed by atoms with E-state index in [1.54, 1.807) is 23.0 Å². The molecule has 0 spiro atoms. The molecule has 1 unspecified atom stereocenters. The Morgan fingerprint density at radius 1 is 1.21 bits per heavy atom. The highest BCUT2D eigenvalue weighted by molar-refractivity contribution is 7.07. The van der Waals surface area contributed by atoms with Crippen LogP contribution in [0.2, 0.25) is 0 Å². The van der Waals surface area contributed by atoms with Gasteiger partial charge in [-0.05, 0) is 27.4 Å². The molecule has 0 N–H and O–H groups in total. The molecule has 1 atom stereocenters. The molecule has 2 fully saturated rings. The number of likely N-dealkylation sites (N-methyl/N-ethyl adjacent to an activating group) is 2. The van der Waals surface area contributed by atoms with Gasteiger partial charge in [0.05, 0.1) is 0 Å². The molecule has 0 aromatic carbocycles. The molecular weight excluding hydrogens is 380 g/mol. The second kappa shape index (κ2) is 7.44. The third-order valence-corrected chi connectivity index (χ3v) is 6.16. The number of piperazine rings is 1. The summed E-state index contributed by atoms with van der Waals surface area (Å²) in [5, 5.41) is 4.23. The molecule has 0 saturated carbocycles. The summed E-state index contributed by atoms with van der Waals surface area (Å²) in [6.07, 6.45) is 1.49. The maximum absolute atomic E-state index is 12.8. The number of rotatable bonds is 4. The van der Waals surface area contributed by atoms with Gasteiger partial charge >= 0.3 is 6.03 Å². The highest BCUT2D eigenvalue weighted by atomic mass is 32.1. The summed E-state index contributed by atoms with van der Waals surface area (Å²) in [7, 11) is 3.03. The Balaban J connectivity index is 1.34. The van der Waals surface area contributed by atoms with Crippen molar-refractivity contribution in [2.45, 2.75) is 12.6 Å². The molecule has 148 valence electrons. The number of amidine groups is 1. The monoisotopic (exact) mass is 403 g/mol. The van der Waals surface area contributed by atoms with Crippen LogP contribution in [-0.4, -0.2) is 107 Å². The number of carbonyl (C=O) groups is 3. The maximum Gasteiger partial charge on any atom is 0.333 e. The summed E-state index contributed by atoms with van der Waals surface area (Å²) in [6, 6.07) is 1.00. The second-order valence-corrected chi connectivity index (χ2v) is 7.99. The van der Waals surface area contributed by atoms with Crippen molar-refractivity contribution in [3.63, 3.8) is 0 Å². The zero-order valence-corrected chi connectivity index (χ0v) is 16.8. The van der Waals surface area contributed by atoms with E-state index in [2.05, 4.69) is 26.7 Å². The Morgan fingerprint density at radius 2 is 1.96 bits per heavy atom. The largest absolute Gasteiger partial charge is 0.337 e. The third-order valence-electron chi connectivity index (χ3n) is 5.43. The summed E-state index contributed by atoms with van der Waals surface area (Å²) in [6.45, 7) is 3.98. The topological polar surface area (TPSA) is 79.5 Å². The number of fused-ring (bicyclic) bond motifs is 1. The van der Waals surface area contributed by atoms with Crippen LogP contribution in [0.25, 0.3) is 0 Å². The van der Waals surface area contributed by atoms with Crippen molar-refractivity contribution in [3.05, 3.63) is 22.4 Å². The Kier molecular flexibility index (Phi) is 4.98. The number of hydrogen-bond donors (Lipinski definition) is 0. The molecular formula is C18H23N6O3S+. The first kappa shape index (κ1) is 18.8. The number of carbonyl (C=O) groups excluding carboxylic acids is 3. The first-order valence-corrected chi connectivity index (χ1v) is 10.1. The summed E-state index contributed by atoms with van der Waals surface area (Å²) in [5.74, 6) is -0.0108. The van der Waals surface area contributed by atoms with Gasteiger partial charge in [-0.2, -0.15) is 11.3 Å². The normalized spacial score (nSPS) is 23.1. The molecule has 10 heteroatoms. The Morgan fingerprint density at radius 3 is 2.64 bits per heavy atom. The maximum atomic E-state index is 12.8. The van der Waals surface area contributed by atoms with E-state index in [1.165, 1.54) is 23.8 Å². The SMILES string of the molecule is CN1C(=O)C2C(=NC=[N+]2CC(=O)N2CCN(Cc3ccsc3)CC2)N(C)C1=O. The van der Waals surface area contributed by atoms with E-state index in [1.807, 2.05) is 4.90 Å². The van der Waals surface area contributed by atoms with Crippen LogP contribution in [0.15, 0.2) is 21.8 Å². The Hall–Kier alpha value is -2.59. The van der Waals surface area contributed by atoms with Gasteiger partial charge in [-0.25, -0.2) is 9.37 Å². The average molecular weight is 403 g/mol. The number of urea groups is 1. The van der Waals surface area contributed by atoms with Crippen LogP contribution in [0.4, 0.5) is 4.79 Å². The van der Waals surface area contributed by atoms with Crippen LogP contribution in [-0.2, 0) is 16.1 Å². The van der Waals surface area contributed by atoms with Crippen LogP contribution in [0.5, 0.6) is 0 Å². The summed E-state index contributed by atoms with van der Waals surface area (Å²) in [5.41, 5.74) is 1.31. The number of hydrogen-bond acceptors (Lipinski definition) is 6. The Labute approximate surface area is 167 Å². The van der Waals surface area contributed by atoms with Crippen molar-refractivity contribution in [1.82, 2.24) is 19.6 Å². The quantitative estimate of drug-likeness (QED) is 0.649. The number of amides is 4. The van der Waals surface area contributed by atoms with Gasteiger partial charge in [-0.15, -0.1) is 0 Å².